The molecule has 19 heavy (non-hydrogen) atoms. The summed E-state index contributed by atoms with van der Waals surface area (Å²) in [5.74, 6) is 0.0182. The van der Waals surface area contributed by atoms with Gasteiger partial charge in [-0.05, 0) is 45.0 Å². The van der Waals surface area contributed by atoms with Crippen LogP contribution in [0, 0.1) is 5.92 Å². The molecule has 104 valence electrons. The van der Waals surface area contributed by atoms with E-state index in [2.05, 4.69) is 23.6 Å². The highest BCUT2D eigenvalue weighted by Gasteiger charge is 2.30. The average Bonchev–Trinajstić information content (AvgIpc) is 2.84. The lowest BCUT2D eigenvalue weighted by Gasteiger charge is -2.16. The number of hydrogen-bond acceptors (Lipinski definition) is 3. The second-order valence-corrected chi connectivity index (χ2v) is 5.10. The Bertz CT molecular complexity index is 448. The summed E-state index contributed by atoms with van der Waals surface area (Å²) in [6, 6.07) is 8.22. The summed E-state index contributed by atoms with van der Waals surface area (Å²) in [6.07, 6.45) is 0.819. The van der Waals surface area contributed by atoms with Gasteiger partial charge in [0.25, 0.3) is 0 Å². The van der Waals surface area contributed by atoms with Crippen molar-refractivity contribution in [2.75, 3.05) is 19.0 Å². The van der Waals surface area contributed by atoms with Gasteiger partial charge in [0, 0.05) is 18.3 Å². The van der Waals surface area contributed by atoms with Gasteiger partial charge in [-0.1, -0.05) is 12.1 Å². The number of carbonyl (C=O) groups excluding carboxylic acids is 1. The first-order valence-electron chi connectivity index (χ1n) is 6.81. The van der Waals surface area contributed by atoms with Gasteiger partial charge >= 0.3 is 0 Å². The average molecular weight is 262 g/mol. The number of rotatable bonds is 4. The molecule has 0 bridgehead atoms. The lowest BCUT2D eigenvalue weighted by molar-refractivity contribution is -0.121. The van der Waals surface area contributed by atoms with Gasteiger partial charge in [0.1, 0.15) is 0 Å². The van der Waals surface area contributed by atoms with Crippen molar-refractivity contribution in [2.45, 2.75) is 32.4 Å². The van der Waals surface area contributed by atoms with Crippen LogP contribution in [0.4, 0.5) is 5.69 Å². The van der Waals surface area contributed by atoms with E-state index in [-0.39, 0.29) is 24.0 Å². The Labute approximate surface area is 114 Å². The van der Waals surface area contributed by atoms with E-state index >= 15 is 0 Å². The molecule has 3 unspecified atom stereocenters. The third-order valence-electron chi connectivity index (χ3n) is 3.80. The van der Waals surface area contributed by atoms with Crippen molar-refractivity contribution in [2.24, 2.45) is 5.92 Å². The Hall–Kier alpha value is -1.39. The summed E-state index contributed by atoms with van der Waals surface area (Å²) in [7, 11) is 1.92. The third kappa shape index (κ3) is 3.33. The van der Waals surface area contributed by atoms with Crippen LogP contribution >= 0.6 is 0 Å². The minimum absolute atomic E-state index is 0.0133. The Morgan fingerprint density at radius 1 is 1.47 bits per heavy atom. The first-order valence-corrected chi connectivity index (χ1v) is 6.81. The Balaban J connectivity index is 2.04. The van der Waals surface area contributed by atoms with Gasteiger partial charge in [0.05, 0.1) is 12.0 Å². The zero-order valence-corrected chi connectivity index (χ0v) is 11.8. The van der Waals surface area contributed by atoms with Crippen LogP contribution in [0.15, 0.2) is 24.3 Å². The van der Waals surface area contributed by atoms with Crippen LogP contribution in [-0.2, 0) is 9.53 Å². The SMILES string of the molecule is CNC(C)c1cccc(NC(=O)C2CCOC2C)c1. The van der Waals surface area contributed by atoms with Crippen LogP contribution in [0.3, 0.4) is 0 Å². The van der Waals surface area contributed by atoms with Gasteiger partial charge in [0.15, 0.2) is 0 Å². The van der Waals surface area contributed by atoms with E-state index in [9.17, 15) is 4.79 Å². The first kappa shape index (κ1) is 14.0. The van der Waals surface area contributed by atoms with Gasteiger partial charge in [-0.3, -0.25) is 4.79 Å². The van der Waals surface area contributed by atoms with Crippen molar-refractivity contribution in [1.29, 1.82) is 0 Å². The van der Waals surface area contributed by atoms with Crippen LogP contribution < -0.4 is 10.6 Å². The van der Waals surface area contributed by atoms with Crippen molar-refractivity contribution in [3.8, 4) is 0 Å². The lowest BCUT2D eigenvalue weighted by atomic mass is 10.0. The van der Waals surface area contributed by atoms with Crippen LogP contribution in [0.5, 0.6) is 0 Å². The number of nitrogens with one attached hydrogen (secondary N) is 2. The molecule has 3 atom stereocenters. The molecular weight excluding hydrogens is 240 g/mol. The van der Waals surface area contributed by atoms with Crippen molar-refractivity contribution >= 4 is 11.6 Å². The normalized spacial score (nSPS) is 24.2. The molecular formula is C15H22N2O2. The standard InChI is InChI=1S/C15H22N2O2/c1-10(16-3)12-5-4-6-13(9-12)17-15(18)14-7-8-19-11(14)2/h4-6,9-11,14,16H,7-8H2,1-3H3,(H,17,18). The van der Waals surface area contributed by atoms with Gasteiger partial charge < -0.3 is 15.4 Å². The molecule has 2 rings (SSSR count). The molecule has 1 saturated heterocycles. The maximum absolute atomic E-state index is 12.2. The number of anilines is 1. The summed E-state index contributed by atoms with van der Waals surface area (Å²) < 4.78 is 5.43. The van der Waals surface area contributed by atoms with Gasteiger partial charge in [-0.2, -0.15) is 0 Å². The molecule has 4 nitrogen and oxygen atoms in total. The molecule has 1 aliphatic heterocycles. The fraction of sp³-hybridized carbons (Fsp3) is 0.533. The number of hydrogen-bond donors (Lipinski definition) is 2. The highest BCUT2D eigenvalue weighted by atomic mass is 16.5. The predicted molar refractivity (Wildman–Crippen MR) is 76.1 cm³/mol. The maximum atomic E-state index is 12.2. The Morgan fingerprint density at radius 2 is 2.26 bits per heavy atom. The van der Waals surface area contributed by atoms with E-state index in [0.717, 1.165) is 17.7 Å². The van der Waals surface area contributed by atoms with Crippen molar-refractivity contribution < 1.29 is 9.53 Å². The molecule has 2 N–H and O–H groups in total. The molecule has 1 aromatic carbocycles. The maximum Gasteiger partial charge on any atom is 0.230 e. The number of amides is 1. The highest BCUT2D eigenvalue weighted by Crippen LogP contribution is 2.23. The second kappa shape index (κ2) is 6.17. The molecule has 0 saturated carbocycles. The Kier molecular flexibility index (Phi) is 4.56. The van der Waals surface area contributed by atoms with Crippen LogP contribution in [0.1, 0.15) is 31.9 Å². The third-order valence-corrected chi connectivity index (χ3v) is 3.80. The molecule has 1 amide bonds. The molecule has 1 heterocycles. The Morgan fingerprint density at radius 3 is 2.89 bits per heavy atom. The molecule has 0 aliphatic carbocycles. The molecule has 1 aliphatic rings. The highest BCUT2D eigenvalue weighted by molar-refractivity contribution is 5.93. The number of ether oxygens (including phenoxy) is 1. The fourth-order valence-electron chi connectivity index (χ4n) is 2.36. The smallest absolute Gasteiger partial charge is 0.230 e. The van der Waals surface area contributed by atoms with Crippen LogP contribution in [-0.4, -0.2) is 25.7 Å². The monoisotopic (exact) mass is 262 g/mol. The zero-order valence-electron chi connectivity index (χ0n) is 11.8. The number of benzene rings is 1. The van der Waals surface area contributed by atoms with Gasteiger partial charge in [-0.15, -0.1) is 0 Å². The van der Waals surface area contributed by atoms with E-state index < -0.39 is 0 Å². The summed E-state index contributed by atoms with van der Waals surface area (Å²) >= 11 is 0. The van der Waals surface area contributed by atoms with Crippen molar-refractivity contribution in [1.82, 2.24) is 5.32 Å². The van der Waals surface area contributed by atoms with E-state index in [1.165, 1.54) is 0 Å². The van der Waals surface area contributed by atoms with E-state index in [0.29, 0.717) is 6.61 Å². The van der Waals surface area contributed by atoms with E-state index in [1.54, 1.807) is 0 Å². The van der Waals surface area contributed by atoms with Gasteiger partial charge in [-0.25, -0.2) is 0 Å². The summed E-state index contributed by atoms with van der Waals surface area (Å²) in [4.78, 5) is 12.2. The molecule has 4 heteroatoms. The second-order valence-electron chi connectivity index (χ2n) is 5.10. The van der Waals surface area contributed by atoms with Crippen LogP contribution in [0.2, 0.25) is 0 Å². The topological polar surface area (TPSA) is 50.4 Å². The van der Waals surface area contributed by atoms with Crippen LogP contribution in [0.25, 0.3) is 0 Å². The zero-order chi connectivity index (χ0) is 13.8. The quantitative estimate of drug-likeness (QED) is 0.875. The van der Waals surface area contributed by atoms with E-state index in [4.69, 9.17) is 4.74 Å². The summed E-state index contributed by atoms with van der Waals surface area (Å²) in [5.41, 5.74) is 2.01. The number of carbonyl (C=O) groups is 1. The van der Waals surface area contributed by atoms with E-state index in [1.807, 2.05) is 32.2 Å². The fourth-order valence-corrected chi connectivity index (χ4v) is 2.36. The molecule has 0 radical (unpaired) electrons. The van der Waals surface area contributed by atoms with Crippen molar-refractivity contribution in [3.05, 3.63) is 29.8 Å². The molecule has 1 aromatic rings. The molecule has 1 fully saturated rings. The molecule has 0 spiro atoms. The van der Waals surface area contributed by atoms with Crippen molar-refractivity contribution in [3.63, 3.8) is 0 Å². The summed E-state index contributed by atoms with van der Waals surface area (Å²) in [5, 5.41) is 6.18. The first-order chi connectivity index (χ1) is 9.11. The molecule has 0 aromatic heterocycles. The van der Waals surface area contributed by atoms with Gasteiger partial charge in [0.2, 0.25) is 5.91 Å². The minimum Gasteiger partial charge on any atom is -0.378 e. The predicted octanol–water partition coefficient (Wildman–Crippen LogP) is 2.33. The minimum atomic E-state index is -0.0367. The summed E-state index contributed by atoms with van der Waals surface area (Å²) in [6.45, 7) is 4.72. The lowest BCUT2D eigenvalue weighted by Crippen LogP contribution is -2.27. The largest absolute Gasteiger partial charge is 0.378 e.